The molecule has 4 rings (SSSR count). The van der Waals surface area contributed by atoms with Gasteiger partial charge in [-0.3, -0.25) is 0 Å². The SMILES string of the molecule is CC(C)c1ccc(CNC2CN3CCC2CC3)cc1.Cl. The molecular weight excluding hydrogens is 268 g/mol. The molecule has 1 unspecified atom stereocenters. The van der Waals surface area contributed by atoms with E-state index < -0.39 is 0 Å². The van der Waals surface area contributed by atoms with Gasteiger partial charge in [0.05, 0.1) is 0 Å². The van der Waals surface area contributed by atoms with Gasteiger partial charge in [-0.25, -0.2) is 0 Å². The van der Waals surface area contributed by atoms with Crippen molar-refractivity contribution in [2.75, 3.05) is 19.6 Å². The Bertz CT molecular complexity index is 408. The number of hydrogen-bond donors (Lipinski definition) is 1. The molecule has 2 nitrogen and oxygen atoms in total. The average Bonchev–Trinajstić information content (AvgIpc) is 2.47. The van der Waals surface area contributed by atoms with Gasteiger partial charge >= 0.3 is 0 Å². The molecule has 0 saturated carbocycles. The fourth-order valence-electron chi connectivity index (χ4n) is 3.47. The summed E-state index contributed by atoms with van der Waals surface area (Å²) in [5, 5.41) is 3.78. The Hall–Kier alpha value is -0.570. The van der Waals surface area contributed by atoms with Gasteiger partial charge in [0.15, 0.2) is 0 Å². The van der Waals surface area contributed by atoms with E-state index in [0.717, 1.165) is 12.5 Å². The topological polar surface area (TPSA) is 15.3 Å². The lowest BCUT2D eigenvalue weighted by Gasteiger charge is -2.45. The molecule has 3 heteroatoms. The summed E-state index contributed by atoms with van der Waals surface area (Å²) < 4.78 is 0. The number of nitrogens with zero attached hydrogens (tertiary/aromatic N) is 1. The molecule has 0 aromatic heterocycles. The lowest BCUT2D eigenvalue weighted by molar-refractivity contribution is 0.0720. The normalized spacial score (nSPS) is 28.4. The zero-order valence-electron chi connectivity index (χ0n) is 12.6. The maximum Gasteiger partial charge on any atom is 0.0227 e. The molecule has 1 atom stereocenters. The highest BCUT2D eigenvalue weighted by molar-refractivity contribution is 5.85. The lowest BCUT2D eigenvalue weighted by Crippen LogP contribution is -2.55. The first-order valence-electron chi connectivity index (χ1n) is 7.77. The van der Waals surface area contributed by atoms with Crippen LogP contribution >= 0.6 is 12.4 Å². The van der Waals surface area contributed by atoms with Gasteiger partial charge in [0, 0.05) is 19.1 Å². The molecular formula is C17H27ClN2. The van der Waals surface area contributed by atoms with Crippen molar-refractivity contribution in [3.05, 3.63) is 35.4 Å². The second-order valence-corrected chi connectivity index (χ2v) is 6.52. The standard InChI is InChI=1S/C17H26N2.ClH/c1-13(2)15-5-3-14(4-6-15)11-18-17-12-19-9-7-16(17)8-10-19;/h3-6,13,16-18H,7-12H2,1-2H3;1H. The molecule has 0 spiro atoms. The minimum atomic E-state index is 0. The average molecular weight is 295 g/mol. The predicted molar refractivity (Wildman–Crippen MR) is 87.6 cm³/mol. The van der Waals surface area contributed by atoms with E-state index in [-0.39, 0.29) is 12.4 Å². The molecule has 0 radical (unpaired) electrons. The minimum Gasteiger partial charge on any atom is -0.308 e. The third kappa shape index (κ3) is 3.55. The molecule has 1 aromatic carbocycles. The van der Waals surface area contributed by atoms with Crippen LogP contribution in [0.4, 0.5) is 0 Å². The monoisotopic (exact) mass is 294 g/mol. The Morgan fingerprint density at radius 3 is 2.30 bits per heavy atom. The van der Waals surface area contributed by atoms with E-state index in [1.807, 2.05) is 0 Å². The summed E-state index contributed by atoms with van der Waals surface area (Å²) in [6, 6.07) is 9.83. The second-order valence-electron chi connectivity index (χ2n) is 6.52. The zero-order valence-corrected chi connectivity index (χ0v) is 13.5. The summed E-state index contributed by atoms with van der Waals surface area (Å²) in [5.41, 5.74) is 2.85. The smallest absolute Gasteiger partial charge is 0.0227 e. The number of piperidine rings is 3. The van der Waals surface area contributed by atoms with Crippen LogP contribution in [0.5, 0.6) is 0 Å². The van der Waals surface area contributed by atoms with Gasteiger partial charge in [-0.1, -0.05) is 38.1 Å². The number of halogens is 1. The minimum absolute atomic E-state index is 0. The van der Waals surface area contributed by atoms with E-state index in [1.165, 1.54) is 43.6 Å². The van der Waals surface area contributed by atoms with Crippen molar-refractivity contribution in [2.45, 2.75) is 45.2 Å². The van der Waals surface area contributed by atoms with Crippen LogP contribution in [-0.4, -0.2) is 30.6 Å². The highest BCUT2D eigenvalue weighted by Crippen LogP contribution is 2.27. The van der Waals surface area contributed by atoms with E-state index in [9.17, 15) is 0 Å². The molecule has 3 saturated heterocycles. The van der Waals surface area contributed by atoms with Crippen LogP contribution in [0.2, 0.25) is 0 Å². The van der Waals surface area contributed by atoms with Crippen molar-refractivity contribution in [2.24, 2.45) is 5.92 Å². The van der Waals surface area contributed by atoms with Gasteiger partial charge in [0.1, 0.15) is 0 Å². The number of nitrogens with one attached hydrogen (secondary N) is 1. The fraction of sp³-hybridized carbons (Fsp3) is 0.647. The predicted octanol–water partition coefficient (Wildman–Crippen LogP) is 3.42. The Morgan fingerprint density at radius 2 is 1.80 bits per heavy atom. The summed E-state index contributed by atoms with van der Waals surface area (Å²) in [7, 11) is 0. The highest BCUT2D eigenvalue weighted by atomic mass is 35.5. The lowest BCUT2D eigenvalue weighted by atomic mass is 9.84. The number of hydrogen-bond acceptors (Lipinski definition) is 2. The molecule has 0 aliphatic carbocycles. The quantitative estimate of drug-likeness (QED) is 0.915. The van der Waals surface area contributed by atoms with Crippen molar-refractivity contribution in [3.63, 3.8) is 0 Å². The van der Waals surface area contributed by atoms with Crippen LogP contribution in [0, 0.1) is 5.92 Å². The summed E-state index contributed by atoms with van der Waals surface area (Å²) in [4.78, 5) is 2.61. The van der Waals surface area contributed by atoms with Crippen LogP contribution in [0.1, 0.15) is 43.7 Å². The Balaban J connectivity index is 0.00000147. The Kier molecular flexibility index (Phi) is 5.48. The first-order chi connectivity index (χ1) is 9.22. The fourth-order valence-corrected chi connectivity index (χ4v) is 3.47. The summed E-state index contributed by atoms with van der Waals surface area (Å²) in [5.74, 6) is 1.55. The van der Waals surface area contributed by atoms with E-state index >= 15 is 0 Å². The maximum atomic E-state index is 3.78. The van der Waals surface area contributed by atoms with Crippen LogP contribution < -0.4 is 5.32 Å². The van der Waals surface area contributed by atoms with Crippen LogP contribution in [0.15, 0.2) is 24.3 Å². The summed E-state index contributed by atoms with van der Waals surface area (Å²) >= 11 is 0. The molecule has 3 aliphatic rings. The van der Waals surface area contributed by atoms with Crippen LogP contribution in [0.3, 0.4) is 0 Å². The van der Waals surface area contributed by atoms with Gasteiger partial charge in [0.2, 0.25) is 0 Å². The number of fused-ring (bicyclic) bond motifs is 3. The van der Waals surface area contributed by atoms with E-state index in [4.69, 9.17) is 0 Å². The van der Waals surface area contributed by atoms with Gasteiger partial charge in [0.25, 0.3) is 0 Å². The van der Waals surface area contributed by atoms with Gasteiger partial charge in [-0.05, 0) is 48.9 Å². The van der Waals surface area contributed by atoms with Crippen LogP contribution in [0.25, 0.3) is 0 Å². The Morgan fingerprint density at radius 1 is 1.15 bits per heavy atom. The highest BCUT2D eigenvalue weighted by Gasteiger charge is 2.33. The van der Waals surface area contributed by atoms with Gasteiger partial charge in [-0.15, -0.1) is 12.4 Å². The van der Waals surface area contributed by atoms with Crippen molar-refractivity contribution in [1.29, 1.82) is 0 Å². The molecule has 112 valence electrons. The summed E-state index contributed by atoms with van der Waals surface area (Å²) in [6.45, 7) is 9.43. The second kappa shape index (κ2) is 6.93. The van der Waals surface area contributed by atoms with Crippen molar-refractivity contribution in [1.82, 2.24) is 10.2 Å². The van der Waals surface area contributed by atoms with E-state index in [1.54, 1.807) is 0 Å². The Labute approximate surface area is 129 Å². The maximum absolute atomic E-state index is 3.78. The zero-order chi connectivity index (χ0) is 13.2. The van der Waals surface area contributed by atoms with Gasteiger partial charge in [-0.2, -0.15) is 0 Å². The van der Waals surface area contributed by atoms with Gasteiger partial charge < -0.3 is 10.2 Å². The molecule has 1 N–H and O–H groups in total. The largest absolute Gasteiger partial charge is 0.308 e. The first-order valence-corrected chi connectivity index (χ1v) is 7.77. The molecule has 0 amide bonds. The molecule has 2 bridgehead atoms. The molecule has 3 heterocycles. The van der Waals surface area contributed by atoms with Crippen LogP contribution in [-0.2, 0) is 6.54 Å². The molecule has 20 heavy (non-hydrogen) atoms. The van der Waals surface area contributed by atoms with Crippen molar-refractivity contribution in [3.8, 4) is 0 Å². The third-order valence-electron chi connectivity index (χ3n) is 4.87. The molecule has 1 aromatic rings. The van der Waals surface area contributed by atoms with Crippen molar-refractivity contribution < 1.29 is 0 Å². The number of benzene rings is 1. The third-order valence-corrected chi connectivity index (χ3v) is 4.87. The molecule has 3 fully saturated rings. The first kappa shape index (κ1) is 15.8. The van der Waals surface area contributed by atoms with Crippen molar-refractivity contribution >= 4 is 12.4 Å². The van der Waals surface area contributed by atoms with E-state index in [0.29, 0.717) is 12.0 Å². The number of rotatable bonds is 4. The summed E-state index contributed by atoms with van der Waals surface area (Å²) in [6.07, 6.45) is 2.79. The molecule has 3 aliphatic heterocycles. The van der Waals surface area contributed by atoms with E-state index in [2.05, 4.69) is 48.3 Å².